The first-order chi connectivity index (χ1) is 10.3. The molecule has 1 amide bonds. The number of methoxy groups -OCH3 is 1. The third-order valence-corrected chi connectivity index (χ3v) is 4.90. The van der Waals surface area contributed by atoms with Gasteiger partial charge in [0.05, 0.1) is 6.10 Å². The van der Waals surface area contributed by atoms with Gasteiger partial charge in [-0.3, -0.25) is 4.79 Å². The molecule has 0 aromatic rings. The first-order valence-electron chi connectivity index (χ1n) is 8.15. The van der Waals surface area contributed by atoms with E-state index in [0.717, 1.165) is 26.1 Å². The number of nitrogens with two attached hydrogens (primary N) is 1. The molecule has 0 saturated heterocycles. The zero-order chi connectivity index (χ0) is 16.8. The Hall–Kier alpha value is -0.110. The van der Waals surface area contributed by atoms with Crippen LogP contribution in [-0.2, 0) is 14.3 Å². The van der Waals surface area contributed by atoms with Gasteiger partial charge in [0.25, 0.3) is 0 Å². The van der Waals surface area contributed by atoms with Gasteiger partial charge in [0.15, 0.2) is 0 Å². The molecule has 0 aromatic carbocycles. The van der Waals surface area contributed by atoms with Gasteiger partial charge in [0.1, 0.15) is 5.54 Å². The predicted molar refractivity (Wildman–Crippen MR) is 102 cm³/mol. The summed E-state index contributed by atoms with van der Waals surface area (Å²) >= 11 is 0. The molecule has 0 spiro atoms. The quantitative estimate of drug-likeness (QED) is 0.554. The second-order valence-corrected chi connectivity index (χ2v) is 6.75. The predicted octanol–water partition coefficient (Wildman–Crippen LogP) is 1.45. The van der Waals surface area contributed by atoms with E-state index in [1.807, 2.05) is 27.8 Å². The second-order valence-electron chi connectivity index (χ2n) is 6.75. The van der Waals surface area contributed by atoms with E-state index in [4.69, 9.17) is 15.2 Å². The molecule has 0 radical (unpaired) electrons. The molecule has 1 aliphatic rings. The van der Waals surface area contributed by atoms with Gasteiger partial charge in [-0.2, -0.15) is 0 Å². The Morgan fingerprint density at radius 1 is 1.33 bits per heavy atom. The molecule has 2 unspecified atom stereocenters. The van der Waals surface area contributed by atoms with Crippen LogP contribution in [0, 0.1) is 5.41 Å². The van der Waals surface area contributed by atoms with Crippen LogP contribution in [0.4, 0.5) is 0 Å². The monoisotopic (exact) mass is 387 g/mol. The lowest BCUT2D eigenvalue weighted by atomic mass is 9.54. The number of nitrogens with one attached hydrogen (secondary N) is 1. The van der Waals surface area contributed by atoms with Gasteiger partial charge in [-0.05, 0) is 20.4 Å². The minimum absolute atomic E-state index is 0. The fourth-order valence-corrected chi connectivity index (χ4v) is 2.93. The molecule has 146 valence electrons. The molecule has 0 aromatic heterocycles. The van der Waals surface area contributed by atoms with E-state index >= 15 is 0 Å². The molecule has 24 heavy (non-hydrogen) atoms. The highest BCUT2D eigenvalue weighted by atomic mass is 35.5. The van der Waals surface area contributed by atoms with E-state index in [1.165, 1.54) is 0 Å². The van der Waals surface area contributed by atoms with Gasteiger partial charge in [0, 0.05) is 51.8 Å². The number of amides is 1. The van der Waals surface area contributed by atoms with Crippen LogP contribution >= 0.6 is 24.8 Å². The van der Waals surface area contributed by atoms with Crippen LogP contribution in [0.15, 0.2) is 0 Å². The van der Waals surface area contributed by atoms with E-state index in [9.17, 15) is 4.79 Å². The summed E-state index contributed by atoms with van der Waals surface area (Å²) in [5, 5.41) is 2.97. The summed E-state index contributed by atoms with van der Waals surface area (Å²) < 4.78 is 10.7. The van der Waals surface area contributed by atoms with Gasteiger partial charge in [-0.1, -0.05) is 13.8 Å². The minimum atomic E-state index is -0.832. The first-order valence-corrected chi connectivity index (χ1v) is 8.15. The van der Waals surface area contributed by atoms with Crippen LogP contribution in [0.25, 0.3) is 0 Å². The Bertz CT molecular complexity index is 372. The number of carbonyl (C=O) groups is 1. The third-order valence-electron chi connectivity index (χ3n) is 4.90. The largest absolute Gasteiger partial charge is 0.385 e. The molecule has 1 rings (SSSR count). The molecule has 1 saturated carbocycles. The SMILES string of the molecule is CCOC1CC(N)(C(=O)NCCN(C)CCCOC)C1(C)C.Cl.Cl. The normalized spacial score (nSPS) is 24.5. The van der Waals surface area contributed by atoms with Crippen molar-refractivity contribution in [3.63, 3.8) is 0 Å². The van der Waals surface area contributed by atoms with Crippen molar-refractivity contribution in [2.45, 2.75) is 45.3 Å². The van der Waals surface area contributed by atoms with Crippen molar-refractivity contribution in [1.29, 1.82) is 0 Å². The maximum atomic E-state index is 12.4. The average Bonchev–Trinajstić information content (AvgIpc) is 2.47. The summed E-state index contributed by atoms with van der Waals surface area (Å²) in [6.07, 6.45) is 1.64. The molecular formula is C16H35Cl2N3O3. The van der Waals surface area contributed by atoms with Crippen LogP contribution in [0.3, 0.4) is 0 Å². The number of hydrogen-bond donors (Lipinski definition) is 2. The molecule has 2 atom stereocenters. The fraction of sp³-hybridized carbons (Fsp3) is 0.938. The van der Waals surface area contributed by atoms with Crippen molar-refractivity contribution < 1.29 is 14.3 Å². The Kier molecular flexibility index (Phi) is 12.5. The van der Waals surface area contributed by atoms with Gasteiger partial charge in [0.2, 0.25) is 5.91 Å². The van der Waals surface area contributed by atoms with Crippen LogP contribution in [-0.4, -0.2) is 69.5 Å². The summed E-state index contributed by atoms with van der Waals surface area (Å²) in [6, 6.07) is 0. The van der Waals surface area contributed by atoms with Crippen molar-refractivity contribution in [2.24, 2.45) is 11.1 Å². The van der Waals surface area contributed by atoms with Gasteiger partial charge < -0.3 is 25.4 Å². The molecule has 1 aliphatic carbocycles. The van der Waals surface area contributed by atoms with E-state index in [0.29, 0.717) is 19.6 Å². The number of likely N-dealkylation sites (N-methyl/N-ethyl adjacent to an activating group) is 1. The molecule has 0 bridgehead atoms. The summed E-state index contributed by atoms with van der Waals surface area (Å²) in [5.41, 5.74) is 5.17. The number of nitrogens with zero attached hydrogens (tertiary/aromatic N) is 1. The zero-order valence-corrected chi connectivity index (χ0v) is 17.2. The second kappa shape index (κ2) is 11.5. The van der Waals surface area contributed by atoms with E-state index in [1.54, 1.807) is 7.11 Å². The lowest BCUT2D eigenvalue weighted by molar-refractivity contribution is -0.170. The molecule has 6 nitrogen and oxygen atoms in total. The van der Waals surface area contributed by atoms with Crippen LogP contribution in [0.1, 0.15) is 33.6 Å². The third kappa shape index (κ3) is 6.00. The topological polar surface area (TPSA) is 76.8 Å². The number of halogens is 2. The molecule has 0 heterocycles. The number of carbonyl (C=O) groups excluding carboxylic acids is 1. The summed E-state index contributed by atoms with van der Waals surface area (Å²) in [5.74, 6) is -0.0706. The summed E-state index contributed by atoms with van der Waals surface area (Å²) in [4.78, 5) is 14.6. The smallest absolute Gasteiger partial charge is 0.240 e. The van der Waals surface area contributed by atoms with Crippen molar-refractivity contribution >= 4 is 30.7 Å². The highest BCUT2D eigenvalue weighted by molar-refractivity contribution is 5.88. The first kappa shape index (κ1) is 26.1. The molecular weight excluding hydrogens is 353 g/mol. The van der Waals surface area contributed by atoms with E-state index in [-0.39, 0.29) is 42.2 Å². The standard InChI is InChI=1S/C16H33N3O3.2ClH/c1-6-22-13-12-16(17,15(13,2)3)14(20)18-8-10-19(4)9-7-11-21-5;;/h13H,6-12,17H2,1-5H3,(H,18,20);2*1H. The Morgan fingerprint density at radius 3 is 2.46 bits per heavy atom. The van der Waals surface area contributed by atoms with Gasteiger partial charge in [-0.15, -0.1) is 24.8 Å². The van der Waals surface area contributed by atoms with Crippen LogP contribution in [0.5, 0.6) is 0 Å². The van der Waals surface area contributed by atoms with Crippen LogP contribution < -0.4 is 11.1 Å². The van der Waals surface area contributed by atoms with Crippen molar-refractivity contribution in [3.8, 4) is 0 Å². The molecule has 0 aliphatic heterocycles. The van der Waals surface area contributed by atoms with Crippen LogP contribution in [0.2, 0.25) is 0 Å². The van der Waals surface area contributed by atoms with Gasteiger partial charge in [-0.25, -0.2) is 0 Å². The Balaban J connectivity index is 0. The van der Waals surface area contributed by atoms with Crippen molar-refractivity contribution in [1.82, 2.24) is 10.2 Å². The summed E-state index contributed by atoms with van der Waals surface area (Å²) in [6.45, 7) is 9.76. The van der Waals surface area contributed by atoms with E-state index < -0.39 is 5.54 Å². The van der Waals surface area contributed by atoms with Crippen molar-refractivity contribution in [2.75, 3.05) is 47.0 Å². The maximum Gasteiger partial charge on any atom is 0.240 e. The number of rotatable bonds is 10. The Morgan fingerprint density at radius 2 is 1.96 bits per heavy atom. The molecule has 3 N–H and O–H groups in total. The maximum absolute atomic E-state index is 12.4. The highest BCUT2D eigenvalue weighted by Gasteiger charge is 2.62. The molecule has 1 fully saturated rings. The number of ether oxygens (including phenoxy) is 2. The fourth-order valence-electron chi connectivity index (χ4n) is 2.93. The lowest BCUT2D eigenvalue weighted by Crippen LogP contribution is -2.75. The van der Waals surface area contributed by atoms with Crippen molar-refractivity contribution in [3.05, 3.63) is 0 Å². The molecule has 8 heteroatoms. The highest BCUT2D eigenvalue weighted by Crippen LogP contribution is 2.49. The zero-order valence-electron chi connectivity index (χ0n) is 15.6. The Labute approximate surface area is 159 Å². The number of hydrogen-bond acceptors (Lipinski definition) is 5. The van der Waals surface area contributed by atoms with E-state index in [2.05, 4.69) is 10.2 Å². The van der Waals surface area contributed by atoms with Gasteiger partial charge >= 0.3 is 0 Å². The lowest BCUT2D eigenvalue weighted by Gasteiger charge is -2.57. The average molecular weight is 388 g/mol. The summed E-state index contributed by atoms with van der Waals surface area (Å²) in [7, 11) is 3.75. The minimum Gasteiger partial charge on any atom is -0.385 e.